The Morgan fingerprint density at radius 2 is 1.74 bits per heavy atom. The number of fused-ring (bicyclic) bond motifs is 2. The number of amides is 2. The monoisotopic (exact) mass is 607 g/mol. The van der Waals surface area contributed by atoms with Gasteiger partial charge < -0.3 is 21.3 Å². The summed E-state index contributed by atoms with van der Waals surface area (Å²) in [4.78, 5) is 44.3. The van der Waals surface area contributed by atoms with E-state index in [1.54, 1.807) is 6.20 Å². The van der Waals surface area contributed by atoms with Crippen LogP contribution in [-0.2, 0) is 0 Å². The van der Waals surface area contributed by atoms with Crippen LogP contribution in [0.1, 0.15) is 76.0 Å². The van der Waals surface area contributed by atoms with Crippen LogP contribution >= 0.6 is 15.9 Å². The quantitative estimate of drug-likeness (QED) is 0.352. The lowest BCUT2D eigenvalue weighted by atomic mass is 9.96. The van der Waals surface area contributed by atoms with Crippen molar-refractivity contribution in [2.75, 3.05) is 16.8 Å². The van der Waals surface area contributed by atoms with Gasteiger partial charge in [-0.2, -0.15) is 13.2 Å². The van der Waals surface area contributed by atoms with Crippen molar-refractivity contribution in [3.63, 3.8) is 0 Å². The van der Waals surface area contributed by atoms with Crippen LogP contribution in [0.3, 0.4) is 0 Å². The van der Waals surface area contributed by atoms with Gasteiger partial charge in [0, 0.05) is 52.5 Å². The Bertz CT molecular complexity index is 1270. The van der Waals surface area contributed by atoms with E-state index in [4.69, 9.17) is 5.73 Å². The van der Waals surface area contributed by atoms with E-state index >= 15 is 0 Å². The summed E-state index contributed by atoms with van der Waals surface area (Å²) in [5.74, 6) is -0.0755. The number of nitrogens with zero attached hydrogens (tertiary/aromatic N) is 2. The maximum atomic E-state index is 13.2. The van der Waals surface area contributed by atoms with Crippen LogP contribution < -0.4 is 21.3 Å². The average Bonchev–Trinajstić information content (AvgIpc) is 3.68. The topological polar surface area (TPSA) is 117 Å². The lowest BCUT2D eigenvalue weighted by Gasteiger charge is -2.40. The summed E-state index contributed by atoms with van der Waals surface area (Å²) in [6.45, 7) is -0.460. The highest BCUT2D eigenvalue weighted by atomic mass is 79.9. The van der Waals surface area contributed by atoms with Crippen molar-refractivity contribution >= 4 is 45.0 Å². The number of hydrogen-bond donors (Lipinski definition) is 3. The summed E-state index contributed by atoms with van der Waals surface area (Å²) in [6.07, 6.45) is 1.44. The first kappa shape index (κ1) is 27.4. The number of carbonyl (C=O) groups excluding carboxylic acids is 3. The molecule has 208 valence electrons. The summed E-state index contributed by atoms with van der Waals surface area (Å²) in [6, 6.07) is 6.73. The number of benzene rings is 1. The predicted octanol–water partition coefficient (Wildman–Crippen LogP) is 4.83. The zero-order chi connectivity index (χ0) is 27.9. The number of primary amides is 1. The number of hydrogen-bond acceptors (Lipinski definition) is 6. The SMILES string of the molecule is NC(=O)c1cc(Br)c(C(=O)NC2CC3CCC(C2)N3c2ccc(C(=O)C3CC3)cn2)cc1NCCC(F)(F)F. The van der Waals surface area contributed by atoms with Gasteiger partial charge in [-0.25, -0.2) is 4.98 Å². The summed E-state index contributed by atoms with van der Waals surface area (Å²) < 4.78 is 38.2. The number of nitrogens with one attached hydrogen (secondary N) is 2. The molecule has 1 aliphatic carbocycles. The van der Waals surface area contributed by atoms with E-state index < -0.39 is 31.0 Å². The molecule has 3 aliphatic rings. The molecule has 1 aromatic carbocycles. The summed E-state index contributed by atoms with van der Waals surface area (Å²) in [5.41, 5.74) is 6.31. The molecule has 4 N–H and O–H groups in total. The molecule has 8 nitrogen and oxygen atoms in total. The molecule has 2 saturated heterocycles. The average molecular weight is 608 g/mol. The van der Waals surface area contributed by atoms with Crippen LogP contribution in [-0.4, -0.2) is 53.4 Å². The van der Waals surface area contributed by atoms with E-state index in [0.29, 0.717) is 22.9 Å². The normalized spacial score (nSPS) is 22.5. The molecule has 0 spiro atoms. The maximum Gasteiger partial charge on any atom is 0.390 e. The van der Waals surface area contributed by atoms with E-state index in [1.165, 1.54) is 12.1 Å². The molecule has 1 saturated carbocycles. The fraction of sp³-hybridized carbons (Fsp3) is 0.481. The number of Topliss-reactive ketones (excluding diaryl/α,β-unsaturated/α-hetero) is 1. The van der Waals surface area contributed by atoms with Gasteiger partial charge in [0.2, 0.25) is 0 Å². The number of carbonyl (C=O) groups is 3. The van der Waals surface area contributed by atoms with Crippen molar-refractivity contribution in [3.05, 3.63) is 51.6 Å². The van der Waals surface area contributed by atoms with Gasteiger partial charge in [0.05, 0.1) is 17.5 Å². The second-order valence-corrected chi connectivity index (χ2v) is 11.4. The Kier molecular flexibility index (Phi) is 7.58. The first-order valence-corrected chi connectivity index (χ1v) is 13.8. The van der Waals surface area contributed by atoms with E-state index in [9.17, 15) is 27.6 Å². The molecular formula is C27H29BrF3N5O3. The molecule has 39 heavy (non-hydrogen) atoms. The minimum absolute atomic E-state index is 0.00991. The van der Waals surface area contributed by atoms with E-state index in [2.05, 4.69) is 36.4 Å². The highest BCUT2D eigenvalue weighted by Crippen LogP contribution is 2.39. The molecule has 5 rings (SSSR count). The molecule has 2 aliphatic heterocycles. The number of alkyl halides is 3. The first-order chi connectivity index (χ1) is 18.5. The number of rotatable bonds is 9. The number of pyridine rings is 1. The molecule has 2 bridgehead atoms. The Morgan fingerprint density at radius 1 is 1.05 bits per heavy atom. The molecule has 2 amide bonds. The highest BCUT2D eigenvalue weighted by molar-refractivity contribution is 9.10. The molecular weight excluding hydrogens is 579 g/mol. The fourth-order valence-corrected chi connectivity index (χ4v) is 6.16. The zero-order valence-electron chi connectivity index (χ0n) is 21.1. The molecule has 2 unspecified atom stereocenters. The standard InChI is InChI=1S/C27H29BrF3N5O3/c28-21-11-20(25(32)38)22(33-8-7-27(29,30)31)12-19(21)26(39)35-16-9-17-4-5-18(10-16)36(17)23-6-3-15(13-34-23)24(37)14-1-2-14/h3,6,11-14,16-18,33H,1-2,4-5,7-10H2,(H2,32,38)(H,35,39). The Labute approximate surface area is 232 Å². The van der Waals surface area contributed by atoms with Crippen molar-refractivity contribution in [2.24, 2.45) is 11.7 Å². The molecule has 0 radical (unpaired) electrons. The van der Waals surface area contributed by atoms with Gasteiger partial charge in [-0.15, -0.1) is 0 Å². The van der Waals surface area contributed by atoms with E-state index in [-0.39, 0.29) is 46.6 Å². The molecule has 2 atom stereocenters. The lowest BCUT2D eigenvalue weighted by Crippen LogP contribution is -2.50. The van der Waals surface area contributed by atoms with Crippen molar-refractivity contribution in [1.82, 2.24) is 10.3 Å². The maximum absolute atomic E-state index is 13.2. The number of nitrogens with two attached hydrogens (primary N) is 1. The Balaban J connectivity index is 1.25. The smallest absolute Gasteiger partial charge is 0.384 e. The van der Waals surface area contributed by atoms with Crippen molar-refractivity contribution in [3.8, 4) is 0 Å². The summed E-state index contributed by atoms with van der Waals surface area (Å²) in [5, 5.41) is 5.65. The van der Waals surface area contributed by atoms with Crippen molar-refractivity contribution in [1.29, 1.82) is 0 Å². The van der Waals surface area contributed by atoms with Gasteiger partial charge in [-0.05, 0) is 78.7 Å². The molecule has 1 aromatic heterocycles. The van der Waals surface area contributed by atoms with Gasteiger partial charge in [-0.1, -0.05) is 0 Å². The predicted molar refractivity (Wildman–Crippen MR) is 143 cm³/mol. The minimum atomic E-state index is -4.37. The number of anilines is 2. The summed E-state index contributed by atoms with van der Waals surface area (Å²) >= 11 is 3.30. The van der Waals surface area contributed by atoms with Gasteiger partial charge >= 0.3 is 6.18 Å². The third kappa shape index (κ3) is 6.21. The third-order valence-corrected chi connectivity index (χ3v) is 8.31. The molecule has 3 heterocycles. The van der Waals surface area contributed by atoms with Crippen LogP contribution in [0.5, 0.6) is 0 Å². The van der Waals surface area contributed by atoms with Crippen molar-refractivity contribution < 1.29 is 27.6 Å². The van der Waals surface area contributed by atoms with Crippen LogP contribution in [0.2, 0.25) is 0 Å². The van der Waals surface area contributed by atoms with Crippen LogP contribution in [0, 0.1) is 5.92 Å². The zero-order valence-corrected chi connectivity index (χ0v) is 22.6. The molecule has 12 heteroatoms. The van der Waals surface area contributed by atoms with Crippen LogP contribution in [0.4, 0.5) is 24.7 Å². The Hall–Kier alpha value is -3.15. The van der Waals surface area contributed by atoms with Gasteiger partial charge in [-0.3, -0.25) is 14.4 Å². The van der Waals surface area contributed by atoms with Gasteiger partial charge in [0.25, 0.3) is 11.8 Å². The van der Waals surface area contributed by atoms with Crippen molar-refractivity contribution in [2.45, 2.75) is 69.2 Å². The number of ketones is 1. The number of halogens is 4. The van der Waals surface area contributed by atoms with E-state index in [1.807, 2.05) is 12.1 Å². The summed E-state index contributed by atoms with van der Waals surface area (Å²) in [7, 11) is 0. The molecule has 3 fully saturated rings. The first-order valence-electron chi connectivity index (χ1n) is 13.0. The van der Waals surface area contributed by atoms with Gasteiger partial charge in [0.1, 0.15) is 5.82 Å². The van der Waals surface area contributed by atoms with Crippen LogP contribution in [0.15, 0.2) is 34.9 Å². The number of aromatic nitrogens is 1. The lowest BCUT2D eigenvalue weighted by molar-refractivity contribution is -0.131. The third-order valence-electron chi connectivity index (χ3n) is 7.65. The fourth-order valence-electron chi connectivity index (χ4n) is 5.63. The molecule has 2 aromatic rings. The number of piperidine rings is 1. The second-order valence-electron chi connectivity index (χ2n) is 10.5. The van der Waals surface area contributed by atoms with Gasteiger partial charge in [0.15, 0.2) is 5.78 Å². The Morgan fingerprint density at radius 3 is 2.31 bits per heavy atom. The van der Waals surface area contributed by atoms with Crippen LogP contribution in [0.25, 0.3) is 0 Å². The highest BCUT2D eigenvalue weighted by Gasteiger charge is 2.42. The van der Waals surface area contributed by atoms with E-state index in [0.717, 1.165) is 31.5 Å². The largest absolute Gasteiger partial charge is 0.390 e. The second kappa shape index (κ2) is 10.8. The minimum Gasteiger partial charge on any atom is -0.384 e.